The van der Waals surface area contributed by atoms with Crippen molar-refractivity contribution in [2.75, 3.05) is 0 Å². The molecular formula is C22H32. The van der Waals surface area contributed by atoms with Crippen LogP contribution in [-0.4, -0.2) is 0 Å². The van der Waals surface area contributed by atoms with E-state index < -0.39 is 0 Å². The largest absolute Gasteiger partial charge is 0.0587 e. The van der Waals surface area contributed by atoms with Gasteiger partial charge >= 0.3 is 0 Å². The summed E-state index contributed by atoms with van der Waals surface area (Å²) in [6, 6.07) is 9.56. The maximum absolute atomic E-state index is 2.45. The highest BCUT2D eigenvalue weighted by molar-refractivity contribution is 5.91. The van der Waals surface area contributed by atoms with Gasteiger partial charge < -0.3 is 0 Å². The third-order valence-electron chi connectivity index (χ3n) is 4.73. The van der Waals surface area contributed by atoms with E-state index in [1.54, 1.807) is 5.56 Å². The van der Waals surface area contributed by atoms with Crippen molar-refractivity contribution in [1.82, 2.24) is 0 Å². The SMILES string of the molecule is CC(C)c1cc(C(C)C)c2c(C(C)C)c(C(C)C)ccc2c1. The first-order chi connectivity index (χ1) is 10.2. The van der Waals surface area contributed by atoms with Gasteiger partial charge in [-0.3, -0.25) is 0 Å². The Morgan fingerprint density at radius 1 is 0.591 bits per heavy atom. The quantitative estimate of drug-likeness (QED) is 0.554. The number of rotatable bonds is 4. The van der Waals surface area contributed by atoms with E-state index in [4.69, 9.17) is 0 Å². The third-order valence-corrected chi connectivity index (χ3v) is 4.73. The zero-order valence-corrected chi connectivity index (χ0v) is 15.6. The average Bonchev–Trinajstić information content (AvgIpc) is 2.43. The van der Waals surface area contributed by atoms with Gasteiger partial charge in [-0.05, 0) is 56.7 Å². The Morgan fingerprint density at radius 3 is 1.64 bits per heavy atom. The van der Waals surface area contributed by atoms with Crippen LogP contribution in [0.4, 0.5) is 0 Å². The Hall–Kier alpha value is -1.30. The number of benzene rings is 2. The highest BCUT2D eigenvalue weighted by atomic mass is 14.2. The molecule has 0 aromatic heterocycles. The van der Waals surface area contributed by atoms with E-state index >= 15 is 0 Å². The maximum Gasteiger partial charge on any atom is -0.0112 e. The smallest absolute Gasteiger partial charge is 0.0112 e. The van der Waals surface area contributed by atoms with E-state index in [0.29, 0.717) is 23.7 Å². The predicted octanol–water partition coefficient (Wildman–Crippen LogP) is 7.33. The van der Waals surface area contributed by atoms with Gasteiger partial charge in [-0.1, -0.05) is 79.7 Å². The first-order valence-corrected chi connectivity index (χ1v) is 8.84. The average molecular weight is 296 g/mol. The summed E-state index contributed by atoms with van der Waals surface area (Å²) in [6.45, 7) is 18.5. The molecule has 22 heavy (non-hydrogen) atoms. The zero-order chi connectivity index (χ0) is 16.6. The zero-order valence-electron chi connectivity index (χ0n) is 15.6. The summed E-state index contributed by atoms with van der Waals surface area (Å²) < 4.78 is 0. The minimum absolute atomic E-state index is 0.557. The minimum Gasteiger partial charge on any atom is -0.0587 e. The molecule has 0 bridgehead atoms. The molecule has 0 aliphatic heterocycles. The van der Waals surface area contributed by atoms with E-state index in [-0.39, 0.29) is 0 Å². The van der Waals surface area contributed by atoms with Crippen LogP contribution in [0, 0.1) is 0 Å². The Bertz CT molecular complexity index is 657. The second-order valence-electron chi connectivity index (χ2n) is 7.90. The molecule has 0 spiro atoms. The highest BCUT2D eigenvalue weighted by Gasteiger charge is 2.18. The Balaban J connectivity index is 2.93. The first-order valence-electron chi connectivity index (χ1n) is 8.84. The van der Waals surface area contributed by atoms with Crippen LogP contribution in [0.5, 0.6) is 0 Å². The Kier molecular flexibility index (Phi) is 5.00. The lowest BCUT2D eigenvalue weighted by Gasteiger charge is -2.23. The molecule has 0 unspecified atom stereocenters. The fraction of sp³-hybridized carbons (Fsp3) is 0.545. The highest BCUT2D eigenvalue weighted by Crippen LogP contribution is 2.39. The van der Waals surface area contributed by atoms with E-state index in [9.17, 15) is 0 Å². The van der Waals surface area contributed by atoms with Gasteiger partial charge in [-0.15, -0.1) is 0 Å². The molecule has 0 nitrogen and oxygen atoms in total. The van der Waals surface area contributed by atoms with Crippen LogP contribution >= 0.6 is 0 Å². The van der Waals surface area contributed by atoms with Gasteiger partial charge in [-0.2, -0.15) is 0 Å². The van der Waals surface area contributed by atoms with Crippen molar-refractivity contribution in [3.63, 3.8) is 0 Å². The first kappa shape index (κ1) is 17.1. The van der Waals surface area contributed by atoms with Crippen molar-refractivity contribution in [1.29, 1.82) is 0 Å². The number of fused-ring (bicyclic) bond motifs is 1. The summed E-state index contributed by atoms with van der Waals surface area (Å²) >= 11 is 0. The second-order valence-corrected chi connectivity index (χ2v) is 7.90. The van der Waals surface area contributed by atoms with Crippen LogP contribution in [0.25, 0.3) is 10.8 Å². The summed E-state index contributed by atoms with van der Waals surface area (Å²) in [5, 5.41) is 2.93. The molecule has 120 valence electrons. The summed E-state index contributed by atoms with van der Waals surface area (Å²) in [5.41, 5.74) is 6.06. The molecule has 0 atom stereocenters. The second kappa shape index (κ2) is 6.44. The van der Waals surface area contributed by atoms with Crippen molar-refractivity contribution in [3.05, 3.63) is 46.5 Å². The van der Waals surface area contributed by atoms with Gasteiger partial charge in [0.2, 0.25) is 0 Å². The molecular weight excluding hydrogens is 264 g/mol. The molecule has 0 saturated carbocycles. The van der Waals surface area contributed by atoms with Crippen molar-refractivity contribution >= 4 is 10.8 Å². The summed E-state index contributed by atoms with van der Waals surface area (Å²) in [5.74, 6) is 2.27. The van der Waals surface area contributed by atoms with E-state index in [1.807, 2.05) is 0 Å². The van der Waals surface area contributed by atoms with Gasteiger partial charge in [-0.25, -0.2) is 0 Å². The molecule has 0 aliphatic rings. The van der Waals surface area contributed by atoms with Crippen molar-refractivity contribution in [3.8, 4) is 0 Å². The fourth-order valence-corrected chi connectivity index (χ4v) is 3.48. The van der Waals surface area contributed by atoms with Crippen molar-refractivity contribution in [2.24, 2.45) is 0 Å². The van der Waals surface area contributed by atoms with Crippen LogP contribution in [0.15, 0.2) is 24.3 Å². The number of hydrogen-bond acceptors (Lipinski definition) is 0. The standard InChI is InChI=1S/C22H32/c1-13(2)18-11-17-9-10-19(14(3)4)21(16(7)8)22(17)20(12-18)15(5)6/h9-16H,1-8H3. The van der Waals surface area contributed by atoms with E-state index in [2.05, 4.69) is 79.7 Å². The topological polar surface area (TPSA) is 0 Å². The molecule has 0 saturated heterocycles. The van der Waals surface area contributed by atoms with Gasteiger partial charge in [0.25, 0.3) is 0 Å². The molecule has 0 heterocycles. The maximum atomic E-state index is 2.45. The van der Waals surface area contributed by atoms with Crippen LogP contribution in [-0.2, 0) is 0 Å². The number of hydrogen-bond donors (Lipinski definition) is 0. The Labute approximate surface area is 136 Å². The minimum atomic E-state index is 0.557. The lowest BCUT2D eigenvalue weighted by atomic mass is 9.81. The van der Waals surface area contributed by atoms with Crippen molar-refractivity contribution in [2.45, 2.75) is 79.1 Å². The fourth-order valence-electron chi connectivity index (χ4n) is 3.48. The normalized spacial score (nSPS) is 12.4. The Morgan fingerprint density at radius 2 is 1.18 bits per heavy atom. The van der Waals surface area contributed by atoms with E-state index in [0.717, 1.165) is 0 Å². The molecule has 2 aromatic rings. The van der Waals surface area contributed by atoms with Crippen LogP contribution in [0.1, 0.15) is 101 Å². The molecule has 0 aliphatic carbocycles. The molecule has 2 rings (SSSR count). The summed E-state index contributed by atoms with van der Waals surface area (Å²) in [7, 11) is 0. The molecule has 0 N–H and O–H groups in total. The van der Waals surface area contributed by atoms with Gasteiger partial charge in [0, 0.05) is 0 Å². The van der Waals surface area contributed by atoms with Gasteiger partial charge in [0.15, 0.2) is 0 Å². The van der Waals surface area contributed by atoms with E-state index in [1.165, 1.54) is 27.5 Å². The van der Waals surface area contributed by atoms with Crippen LogP contribution in [0.3, 0.4) is 0 Å². The molecule has 0 fully saturated rings. The summed E-state index contributed by atoms with van der Waals surface area (Å²) in [4.78, 5) is 0. The van der Waals surface area contributed by atoms with Gasteiger partial charge in [0.05, 0.1) is 0 Å². The third kappa shape index (κ3) is 3.07. The van der Waals surface area contributed by atoms with Crippen LogP contribution < -0.4 is 0 Å². The molecule has 2 aromatic carbocycles. The predicted molar refractivity (Wildman–Crippen MR) is 100 cm³/mol. The lowest BCUT2D eigenvalue weighted by Crippen LogP contribution is -2.04. The van der Waals surface area contributed by atoms with Crippen LogP contribution in [0.2, 0.25) is 0 Å². The molecule has 0 radical (unpaired) electrons. The molecule has 0 heteroatoms. The monoisotopic (exact) mass is 296 g/mol. The lowest BCUT2D eigenvalue weighted by molar-refractivity contribution is 0.791. The van der Waals surface area contributed by atoms with Crippen molar-refractivity contribution < 1.29 is 0 Å². The van der Waals surface area contributed by atoms with Gasteiger partial charge in [0.1, 0.15) is 0 Å². The molecule has 0 amide bonds. The summed E-state index contributed by atoms with van der Waals surface area (Å²) in [6.07, 6.45) is 0.